The second-order valence-corrected chi connectivity index (χ2v) is 7.18. The van der Waals surface area contributed by atoms with Gasteiger partial charge in [-0.2, -0.15) is 0 Å². The van der Waals surface area contributed by atoms with E-state index >= 15 is 0 Å². The molecule has 4 aromatic rings. The number of hydrogen-bond acceptors (Lipinski definition) is 2. The lowest BCUT2D eigenvalue weighted by Crippen LogP contribution is -2.40. The van der Waals surface area contributed by atoms with Crippen molar-refractivity contribution < 1.29 is 9.21 Å². The van der Waals surface area contributed by atoms with Crippen molar-refractivity contribution in [2.24, 2.45) is 0 Å². The summed E-state index contributed by atoms with van der Waals surface area (Å²) >= 11 is 6.09. The first kappa shape index (κ1) is 16.2. The minimum absolute atomic E-state index is 0.107. The van der Waals surface area contributed by atoms with Crippen LogP contribution in [0, 0.1) is 0 Å². The number of nitrogens with zero attached hydrogens (tertiary/aromatic N) is 1. The van der Waals surface area contributed by atoms with Crippen molar-refractivity contribution in [3.05, 3.63) is 94.5 Å². The summed E-state index contributed by atoms with van der Waals surface area (Å²) in [6.45, 7) is 0.627. The lowest BCUT2D eigenvalue weighted by atomic mass is 9.92. The molecule has 0 saturated heterocycles. The van der Waals surface area contributed by atoms with Gasteiger partial charge < -0.3 is 14.3 Å². The van der Waals surface area contributed by atoms with Gasteiger partial charge in [-0.25, -0.2) is 0 Å². The van der Waals surface area contributed by atoms with Gasteiger partial charge in [0.15, 0.2) is 5.76 Å². The first-order valence-corrected chi connectivity index (χ1v) is 9.29. The fourth-order valence-electron chi connectivity index (χ4n) is 3.99. The van der Waals surface area contributed by atoms with Crippen molar-refractivity contribution in [2.45, 2.75) is 12.5 Å². The summed E-state index contributed by atoms with van der Waals surface area (Å²) in [6, 6.07) is 19.2. The maximum absolute atomic E-state index is 13.1. The minimum atomic E-state index is -0.212. The number of para-hydroxylation sites is 1. The molecule has 134 valence electrons. The molecule has 4 nitrogen and oxygen atoms in total. The molecule has 5 heteroatoms. The predicted molar refractivity (Wildman–Crippen MR) is 105 cm³/mol. The SMILES string of the molecule is O=C(c1ccco1)N1CCc2c([nH]c3ccccc23)C1c1ccc(Cl)cc1. The zero-order chi connectivity index (χ0) is 18.4. The van der Waals surface area contributed by atoms with E-state index in [1.165, 1.54) is 17.2 Å². The second-order valence-electron chi connectivity index (χ2n) is 6.74. The van der Waals surface area contributed by atoms with Gasteiger partial charge in [0.2, 0.25) is 0 Å². The molecule has 0 spiro atoms. The number of carbonyl (C=O) groups excluding carboxylic acids is 1. The van der Waals surface area contributed by atoms with Crippen LogP contribution in [0.5, 0.6) is 0 Å². The summed E-state index contributed by atoms with van der Waals surface area (Å²) in [5, 5.41) is 1.90. The van der Waals surface area contributed by atoms with Crippen molar-refractivity contribution in [3.63, 3.8) is 0 Å². The molecule has 27 heavy (non-hydrogen) atoms. The van der Waals surface area contributed by atoms with Crippen LogP contribution in [0.2, 0.25) is 5.02 Å². The van der Waals surface area contributed by atoms with Crippen LogP contribution >= 0.6 is 11.6 Å². The van der Waals surface area contributed by atoms with Gasteiger partial charge in [-0.15, -0.1) is 0 Å². The molecule has 1 aliphatic heterocycles. The number of aromatic nitrogens is 1. The summed E-state index contributed by atoms with van der Waals surface area (Å²) in [5.41, 5.74) is 4.44. The Morgan fingerprint density at radius 1 is 1.07 bits per heavy atom. The molecular weight excluding hydrogens is 360 g/mol. The number of H-pyrrole nitrogens is 1. The third kappa shape index (κ3) is 2.64. The van der Waals surface area contributed by atoms with Crippen LogP contribution < -0.4 is 0 Å². The quantitative estimate of drug-likeness (QED) is 0.522. The smallest absolute Gasteiger partial charge is 0.290 e. The first-order valence-electron chi connectivity index (χ1n) is 8.92. The van der Waals surface area contributed by atoms with Gasteiger partial charge in [0.1, 0.15) is 0 Å². The lowest BCUT2D eigenvalue weighted by Gasteiger charge is -2.35. The maximum atomic E-state index is 13.1. The molecule has 2 aromatic carbocycles. The molecule has 1 unspecified atom stereocenters. The Kier molecular flexibility index (Phi) is 3.80. The molecule has 0 fully saturated rings. The van der Waals surface area contributed by atoms with Gasteiger partial charge in [0.05, 0.1) is 12.3 Å². The number of fused-ring (bicyclic) bond motifs is 3. The Balaban J connectivity index is 1.68. The Hall–Kier alpha value is -2.98. The highest BCUT2D eigenvalue weighted by Crippen LogP contribution is 2.39. The molecule has 2 aromatic heterocycles. The summed E-state index contributed by atoms with van der Waals surface area (Å²) in [6.07, 6.45) is 2.33. The molecule has 3 heterocycles. The zero-order valence-corrected chi connectivity index (χ0v) is 15.2. The molecule has 5 rings (SSSR count). The van der Waals surface area contributed by atoms with E-state index in [2.05, 4.69) is 17.1 Å². The van der Waals surface area contributed by atoms with Gasteiger partial charge in [-0.05, 0) is 47.9 Å². The number of halogens is 1. The van der Waals surface area contributed by atoms with E-state index in [9.17, 15) is 4.79 Å². The number of furan rings is 1. The fourth-order valence-corrected chi connectivity index (χ4v) is 4.12. The summed E-state index contributed by atoms with van der Waals surface area (Å²) < 4.78 is 5.38. The Bertz CT molecular complexity index is 1110. The summed E-state index contributed by atoms with van der Waals surface area (Å²) in [7, 11) is 0. The van der Waals surface area contributed by atoms with Crippen molar-refractivity contribution >= 4 is 28.4 Å². The van der Waals surface area contributed by atoms with E-state index in [0.717, 1.165) is 23.2 Å². The molecular formula is C22H17ClN2O2. The van der Waals surface area contributed by atoms with E-state index in [-0.39, 0.29) is 11.9 Å². The van der Waals surface area contributed by atoms with Crippen molar-refractivity contribution in [1.82, 2.24) is 9.88 Å². The third-order valence-corrected chi connectivity index (χ3v) is 5.46. The molecule has 1 atom stereocenters. The van der Waals surface area contributed by atoms with E-state index in [1.807, 2.05) is 41.3 Å². The van der Waals surface area contributed by atoms with Crippen molar-refractivity contribution in [1.29, 1.82) is 0 Å². The average Bonchev–Trinajstić information content (AvgIpc) is 3.35. The highest BCUT2D eigenvalue weighted by molar-refractivity contribution is 6.30. The number of benzene rings is 2. The van der Waals surface area contributed by atoms with Crippen LogP contribution in [0.3, 0.4) is 0 Å². The number of hydrogen-bond donors (Lipinski definition) is 1. The predicted octanol–water partition coefficient (Wildman–Crippen LogP) is 5.20. The van der Waals surface area contributed by atoms with Crippen LogP contribution in [-0.4, -0.2) is 22.3 Å². The molecule has 1 N–H and O–H groups in total. The maximum Gasteiger partial charge on any atom is 0.290 e. The Morgan fingerprint density at radius 2 is 1.89 bits per heavy atom. The number of carbonyl (C=O) groups is 1. The Labute approximate surface area is 161 Å². The van der Waals surface area contributed by atoms with Crippen molar-refractivity contribution in [3.8, 4) is 0 Å². The normalized spacial score (nSPS) is 16.5. The minimum Gasteiger partial charge on any atom is -0.459 e. The monoisotopic (exact) mass is 376 g/mol. The molecule has 1 amide bonds. The topological polar surface area (TPSA) is 49.2 Å². The standard InChI is InChI=1S/C22H17ClN2O2/c23-15-9-7-14(8-10-15)21-20-17(16-4-1-2-5-18(16)24-20)11-12-25(21)22(26)19-6-3-13-27-19/h1-10,13,21,24H,11-12H2. The number of nitrogens with one attached hydrogen (secondary N) is 1. The fraction of sp³-hybridized carbons (Fsp3) is 0.136. The Morgan fingerprint density at radius 3 is 2.67 bits per heavy atom. The molecule has 0 bridgehead atoms. The van der Waals surface area contributed by atoms with Crippen LogP contribution in [0.4, 0.5) is 0 Å². The largest absolute Gasteiger partial charge is 0.459 e. The van der Waals surface area contributed by atoms with Crippen LogP contribution in [0.25, 0.3) is 10.9 Å². The second kappa shape index (κ2) is 6.32. The number of amides is 1. The summed E-state index contributed by atoms with van der Waals surface area (Å²) in [5.74, 6) is 0.248. The first-order chi connectivity index (χ1) is 13.2. The van der Waals surface area contributed by atoms with Gasteiger partial charge in [-0.1, -0.05) is 41.9 Å². The van der Waals surface area contributed by atoms with E-state index < -0.39 is 0 Å². The summed E-state index contributed by atoms with van der Waals surface area (Å²) in [4.78, 5) is 18.6. The molecule has 0 aliphatic carbocycles. The van der Waals surface area contributed by atoms with Crippen molar-refractivity contribution in [2.75, 3.05) is 6.54 Å². The zero-order valence-electron chi connectivity index (χ0n) is 14.5. The van der Waals surface area contributed by atoms with Crippen LogP contribution in [-0.2, 0) is 6.42 Å². The van der Waals surface area contributed by atoms with Gasteiger partial charge in [0, 0.05) is 28.2 Å². The average molecular weight is 377 g/mol. The lowest BCUT2D eigenvalue weighted by molar-refractivity contribution is 0.0659. The van der Waals surface area contributed by atoms with Gasteiger partial charge in [-0.3, -0.25) is 4.79 Å². The number of aromatic amines is 1. The highest BCUT2D eigenvalue weighted by atomic mass is 35.5. The van der Waals surface area contributed by atoms with E-state index in [1.54, 1.807) is 12.1 Å². The number of rotatable bonds is 2. The molecule has 1 aliphatic rings. The third-order valence-electron chi connectivity index (χ3n) is 5.21. The molecule has 0 radical (unpaired) electrons. The highest BCUT2D eigenvalue weighted by Gasteiger charge is 2.35. The molecule has 0 saturated carbocycles. The van der Waals surface area contributed by atoms with E-state index in [4.69, 9.17) is 16.0 Å². The van der Waals surface area contributed by atoms with Crippen LogP contribution in [0.1, 0.15) is 33.4 Å². The van der Waals surface area contributed by atoms with Gasteiger partial charge in [0.25, 0.3) is 5.91 Å². The van der Waals surface area contributed by atoms with Crippen LogP contribution in [0.15, 0.2) is 71.3 Å². The van der Waals surface area contributed by atoms with Gasteiger partial charge >= 0.3 is 0 Å². The van der Waals surface area contributed by atoms with E-state index in [0.29, 0.717) is 17.3 Å².